The Kier molecular flexibility index (Phi) is 8.25. The first-order chi connectivity index (χ1) is 15.8. The molecule has 0 spiro atoms. The molecule has 1 atom stereocenters. The molecule has 6 nitrogen and oxygen atoms in total. The van der Waals surface area contributed by atoms with Gasteiger partial charge in [-0.15, -0.1) is 0 Å². The van der Waals surface area contributed by atoms with Crippen LogP contribution in [0.15, 0.2) is 89.8 Å². The number of ether oxygens (including phenoxy) is 1. The summed E-state index contributed by atoms with van der Waals surface area (Å²) >= 11 is 0. The van der Waals surface area contributed by atoms with E-state index in [1.165, 1.54) is 16.4 Å². The van der Waals surface area contributed by atoms with Crippen LogP contribution in [0.1, 0.15) is 31.9 Å². The number of benzene rings is 3. The van der Waals surface area contributed by atoms with Gasteiger partial charge in [0.2, 0.25) is 10.0 Å². The van der Waals surface area contributed by atoms with Gasteiger partial charge in [0.05, 0.1) is 4.90 Å². The molecule has 3 aromatic rings. The van der Waals surface area contributed by atoms with Gasteiger partial charge in [0.1, 0.15) is 5.75 Å². The summed E-state index contributed by atoms with van der Waals surface area (Å²) in [5.41, 5.74) is 1.81. The van der Waals surface area contributed by atoms with Gasteiger partial charge in [-0.05, 0) is 56.2 Å². The van der Waals surface area contributed by atoms with Crippen LogP contribution in [-0.2, 0) is 27.9 Å². The highest BCUT2D eigenvalue weighted by Gasteiger charge is 2.25. The maximum Gasteiger partial charge on any atom is 0.260 e. The second-order valence-corrected chi connectivity index (χ2v) is 10.1. The summed E-state index contributed by atoms with van der Waals surface area (Å²) in [7, 11) is -3.78. The monoisotopic (exact) mass is 466 g/mol. The number of hydrogen-bond donors (Lipinski definition) is 1. The van der Waals surface area contributed by atoms with Crippen LogP contribution in [-0.4, -0.2) is 30.8 Å². The zero-order valence-corrected chi connectivity index (χ0v) is 20.0. The van der Waals surface area contributed by atoms with Crippen molar-refractivity contribution in [1.29, 1.82) is 0 Å². The fourth-order valence-corrected chi connectivity index (χ4v) is 4.71. The Bertz CT molecular complexity index is 1090. The molecule has 174 valence electrons. The molecule has 0 fully saturated rings. The van der Waals surface area contributed by atoms with Crippen LogP contribution in [0.4, 0.5) is 0 Å². The first-order valence-electron chi connectivity index (χ1n) is 10.9. The molecule has 0 bridgehead atoms. The molecule has 0 saturated carbocycles. The topological polar surface area (TPSA) is 75.7 Å². The van der Waals surface area contributed by atoms with Crippen molar-refractivity contribution in [2.24, 2.45) is 0 Å². The number of hydrogen-bond acceptors (Lipinski definition) is 4. The average molecular weight is 467 g/mol. The van der Waals surface area contributed by atoms with E-state index in [0.717, 1.165) is 11.1 Å². The molecule has 1 amide bonds. The van der Waals surface area contributed by atoms with Crippen LogP contribution in [0.25, 0.3) is 0 Å². The Hall–Kier alpha value is -3.16. The average Bonchev–Trinajstić information content (AvgIpc) is 2.80. The highest BCUT2D eigenvalue weighted by molar-refractivity contribution is 7.89. The van der Waals surface area contributed by atoms with Crippen molar-refractivity contribution in [3.8, 4) is 5.75 Å². The zero-order chi connectivity index (χ0) is 23.8. The minimum atomic E-state index is -3.78. The van der Waals surface area contributed by atoms with Gasteiger partial charge in [-0.3, -0.25) is 4.79 Å². The lowest BCUT2D eigenvalue weighted by Crippen LogP contribution is -2.40. The number of nitrogens with zero attached hydrogens (tertiary/aromatic N) is 1. The molecule has 1 N–H and O–H groups in total. The van der Waals surface area contributed by atoms with Gasteiger partial charge in [0.25, 0.3) is 5.91 Å². The fraction of sp³-hybridized carbons (Fsp3) is 0.269. The highest BCUT2D eigenvalue weighted by atomic mass is 32.2. The van der Waals surface area contributed by atoms with Crippen LogP contribution in [0, 0.1) is 0 Å². The summed E-state index contributed by atoms with van der Waals surface area (Å²) < 4.78 is 34.2. The van der Waals surface area contributed by atoms with Crippen molar-refractivity contribution in [2.45, 2.75) is 50.9 Å². The molecule has 0 aromatic heterocycles. The lowest BCUT2D eigenvalue weighted by Gasteiger charge is -2.23. The maximum absolute atomic E-state index is 13.5. The van der Waals surface area contributed by atoms with E-state index >= 15 is 0 Å². The zero-order valence-electron chi connectivity index (χ0n) is 19.1. The molecule has 0 saturated heterocycles. The summed E-state index contributed by atoms with van der Waals surface area (Å²) in [6, 6.07) is 25.2. The molecular formula is C26H30N2O4S. The molecule has 0 heterocycles. The number of sulfonamides is 1. The number of carbonyl (C=O) groups excluding carboxylic acids is 1. The Balaban J connectivity index is 1.81. The summed E-state index contributed by atoms with van der Waals surface area (Å²) in [6.45, 7) is 5.91. The summed E-state index contributed by atoms with van der Waals surface area (Å²) in [5, 5.41) is 2.79. The van der Waals surface area contributed by atoms with E-state index in [2.05, 4.69) is 5.32 Å². The van der Waals surface area contributed by atoms with Gasteiger partial charge >= 0.3 is 0 Å². The summed E-state index contributed by atoms with van der Waals surface area (Å²) in [6.07, 6.45) is -0.692. The normalized spacial score (nSPS) is 12.5. The van der Waals surface area contributed by atoms with Crippen LogP contribution in [0.2, 0.25) is 0 Å². The molecule has 0 aliphatic heterocycles. The van der Waals surface area contributed by atoms with Gasteiger partial charge in [-0.2, -0.15) is 4.31 Å². The summed E-state index contributed by atoms with van der Waals surface area (Å²) in [5.74, 6) is 0.205. The van der Waals surface area contributed by atoms with Crippen molar-refractivity contribution < 1.29 is 17.9 Å². The van der Waals surface area contributed by atoms with Crippen molar-refractivity contribution in [2.75, 3.05) is 0 Å². The highest BCUT2D eigenvalue weighted by Crippen LogP contribution is 2.24. The van der Waals surface area contributed by atoms with Crippen LogP contribution in [0.3, 0.4) is 0 Å². The van der Waals surface area contributed by atoms with Crippen LogP contribution in [0.5, 0.6) is 5.75 Å². The van der Waals surface area contributed by atoms with Crippen LogP contribution >= 0.6 is 0 Å². The first-order valence-corrected chi connectivity index (χ1v) is 12.3. The number of carbonyl (C=O) groups is 1. The molecule has 0 unspecified atom stereocenters. The predicted octanol–water partition coefficient (Wildman–Crippen LogP) is 4.37. The van der Waals surface area contributed by atoms with E-state index < -0.39 is 16.1 Å². The van der Waals surface area contributed by atoms with Crippen molar-refractivity contribution in [1.82, 2.24) is 9.62 Å². The molecule has 0 aliphatic rings. The van der Waals surface area contributed by atoms with E-state index in [0.29, 0.717) is 5.75 Å². The Morgan fingerprint density at radius 3 is 1.76 bits per heavy atom. The van der Waals surface area contributed by atoms with Gasteiger partial charge in [-0.1, -0.05) is 60.7 Å². The lowest BCUT2D eigenvalue weighted by atomic mass is 10.2. The smallest absolute Gasteiger partial charge is 0.260 e. The largest absolute Gasteiger partial charge is 0.481 e. The maximum atomic E-state index is 13.5. The predicted molar refractivity (Wildman–Crippen MR) is 129 cm³/mol. The van der Waals surface area contributed by atoms with Crippen LogP contribution < -0.4 is 10.1 Å². The minimum absolute atomic E-state index is 0.0104. The van der Waals surface area contributed by atoms with Gasteiger partial charge in [-0.25, -0.2) is 8.42 Å². The Morgan fingerprint density at radius 1 is 0.818 bits per heavy atom. The molecule has 0 aliphatic carbocycles. The molecule has 33 heavy (non-hydrogen) atoms. The van der Waals surface area contributed by atoms with Crippen molar-refractivity contribution >= 4 is 15.9 Å². The second-order valence-electron chi connectivity index (χ2n) is 8.14. The van der Waals surface area contributed by atoms with E-state index in [4.69, 9.17) is 4.74 Å². The Labute approximate surface area is 196 Å². The number of amides is 1. The second kappa shape index (κ2) is 11.1. The third-order valence-corrected chi connectivity index (χ3v) is 6.78. The third kappa shape index (κ3) is 6.91. The summed E-state index contributed by atoms with van der Waals surface area (Å²) in [4.78, 5) is 12.2. The van der Waals surface area contributed by atoms with E-state index in [9.17, 15) is 13.2 Å². The van der Waals surface area contributed by atoms with Crippen molar-refractivity contribution in [3.05, 3.63) is 96.1 Å². The van der Waals surface area contributed by atoms with Gasteiger partial charge in [0, 0.05) is 19.1 Å². The van der Waals surface area contributed by atoms with Gasteiger partial charge in [0.15, 0.2) is 6.10 Å². The van der Waals surface area contributed by atoms with E-state index in [1.807, 2.05) is 74.5 Å². The Morgan fingerprint density at radius 2 is 1.30 bits per heavy atom. The van der Waals surface area contributed by atoms with Gasteiger partial charge < -0.3 is 10.1 Å². The fourth-order valence-electron chi connectivity index (χ4n) is 3.30. The van der Waals surface area contributed by atoms with E-state index in [1.54, 1.807) is 19.1 Å². The SMILES string of the molecule is CC(C)NC(=O)[C@H](C)Oc1ccc(S(=O)(=O)N(Cc2ccccc2)Cc2ccccc2)cc1. The molecule has 0 radical (unpaired) electrons. The standard InChI is InChI=1S/C26H30N2O4S/c1-20(2)27-26(29)21(3)32-24-14-16-25(17-15-24)33(30,31)28(18-22-10-6-4-7-11-22)19-23-12-8-5-9-13-23/h4-17,20-21H,18-19H2,1-3H3,(H,27,29)/t21-/m0/s1. The number of nitrogens with one attached hydrogen (secondary N) is 1. The molecule has 3 rings (SSSR count). The lowest BCUT2D eigenvalue weighted by molar-refractivity contribution is -0.127. The van der Waals surface area contributed by atoms with Crippen molar-refractivity contribution in [3.63, 3.8) is 0 Å². The minimum Gasteiger partial charge on any atom is -0.481 e. The molecule has 3 aromatic carbocycles. The molecule has 7 heteroatoms. The molecular weight excluding hydrogens is 436 g/mol. The first kappa shape index (κ1) is 24.5. The quantitative estimate of drug-likeness (QED) is 0.481. The third-order valence-electron chi connectivity index (χ3n) is 4.98. The van der Waals surface area contributed by atoms with E-state index in [-0.39, 0.29) is 29.9 Å². The number of rotatable bonds is 10.